The van der Waals surface area contributed by atoms with Crippen molar-refractivity contribution in [1.82, 2.24) is 9.88 Å². The fourth-order valence-corrected chi connectivity index (χ4v) is 2.20. The number of pyridine rings is 1. The molecule has 2 heterocycles. The van der Waals surface area contributed by atoms with Gasteiger partial charge in [-0.2, -0.15) is 0 Å². The Balaban J connectivity index is 1.94. The molecule has 4 heteroatoms. The lowest BCUT2D eigenvalue weighted by atomic mass is 10.1. The molecule has 0 radical (unpaired) electrons. The Labute approximate surface area is 96.8 Å². The quantitative estimate of drug-likeness (QED) is 0.811. The van der Waals surface area contributed by atoms with E-state index >= 15 is 0 Å². The number of aromatic nitrogens is 1. The molecule has 1 atom stereocenters. The first kappa shape index (κ1) is 11.2. The first-order valence-electron chi connectivity index (χ1n) is 5.99. The number of anilines is 2. The summed E-state index contributed by atoms with van der Waals surface area (Å²) in [6.07, 6.45) is 2.47. The summed E-state index contributed by atoms with van der Waals surface area (Å²) in [4.78, 5) is 6.73. The van der Waals surface area contributed by atoms with Crippen LogP contribution in [0.4, 0.5) is 11.6 Å². The van der Waals surface area contributed by atoms with E-state index in [1.54, 1.807) is 0 Å². The SMILES string of the molecule is CCN1CCCC(Nc2cccc(N)n2)C1. The molecule has 1 fully saturated rings. The maximum atomic E-state index is 5.66. The van der Waals surface area contributed by atoms with E-state index in [-0.39, 0.29) is 0 Å². The largest absolute Gasteiger partial charge is 0.384 e. The smallest absolute Gasteiger partial charge is 0.128 e. The van der Waals surface area contributed by atoms with Gasteiger partial charge in [0, 0.05) is 12.6 Å². The minimum atomic E-state index is 0.503. The van der Waals surface area contributed by atoms with Gasteiger partial charge in [0.05, 0.1) is 0 Å². The van der Waals surface area contributed by atoms with Crippen molar-refractivity contribution >= 4 is 11.6 Å². The lowest BCUT2D eigenvalue weighted by molar-refractivity contribution is 0.226. The highest BCUT2D eigenvalue weighted by Gasteiger charge is 2.18. The number of nitrogen functional groups attached to an aromatic ring is 1. The van der Waals surface area contributed by atoms with Gasteiger partial charge in [-0.15, -0.1) is 0 Å². The number of nitrogens with one attached hydrogen (secondary N) is 1. The Kier molecular flexibility index (Phi) is 3.62. The molecule has 88 valence electrons. The highest BCUT2D eigenvalue weighted by molar-refractivity contribution is 5.42. The third kappa shape index (κ3) is 2.85. The minimum absolute atomic E-state index is 0.503. The standard InChI is InChI=1S/C12H20N4/c1-2-16-8-4-5-10(9-16)14-12-7-3-6-11(13)15-12/h3,6-7,10H,2,4-5,8-9H2,1H3,(H3,13,14,15). The molecular weight excluding hydrogens is 200 g/mol. The number of hydrogen-bond acceptors (Lipinski definition) is 4. The van der Waals surface area contributed by atoms with Gasteiger partial charge in [0.2, 0.25) is 0 Å². The summed E-state index contributed by atoms with van der Waals surface area (Å²) in [5.41, 5.74) is 5.66. The van der Waals surface area contributed by atoms with E-state index in [0.29, 0.717) is 11.9 Å². The Morgan fingerprint density at radius 2 is 2.44 bits per heavy atom. The molecule has 4 nitrogen and oxygen atoms in total. The number of rotatable bonds is 3. The summed E-state index contributed by atoms with van der Waals surface area (Å²) >= 11 is 0. The lowest BCUT2D eigenvalue weighted by Gasteiger charge is -2.32. The molecule has 0 bridgehead atoms. The van der Waals surface area contributed by atoms with Crippen molar-refractivity contribution in [3.05, 3.63) is 18.2 Å². The third-order valence-corrected chi connectivity index (χ3v) is 3.08. The second kappa shape index (κ2) is 5.16. The van der Waals surface area contributed by atoms with Crippen molar-refractivity contribution in [2.45, 2.75) is 25.8 Å². The number of likely N-dealkylation sites (N-methyl/N-ethyl adjacent to an activating group) is 1. The summed E-state index contributed by atoms with van der Waals surface area (Å²) in [6.45, 7) is 5.66. The van der Waals surface area contributed by atoms with Gasteiger partial charge in [-0.25, -0.2) is 4.98 Å². The van der Waals surface area contributed by atoms with Crippen molar-refractivity contribution in [3.8, 4) is 0 Å². The zero-order valence-electron chi connectivity index (χ0n) is 9.82. The third-order valence-electron chi connectivity index (χ3n) is 3.08. The molecule has 2 rings (SSSR count). The average Bonchev–Trinajstić information content (AvgIpc) is 2.29. The van der Waals surface area contributed by atoms with Crippen molar-refractivity contribution in [3.63, 3.8) is 0 Å². The van der Waals surface area contributed by atoms with Gasteiger partial charge in [-0.3, -0.25) is 0 Å². The molecule has 0 aromatic carbocycles. The van der Waals surface area contributed by atoms with Crippen LogP contribution in [0.2, 0.25) is 0 Å². The molecule has 1 saturated heterocycles. The number of hydrogen-bond donors (Lipinski definition) is 2. The van der Waals surface area contributed by atoms with Gasteiger partial charge in [0.25, 0.3) is 0 Å². The van der Waals surface area contributed by atoms with Crippen LogP contribution >= 0.6 is 0 Å². The molecule has 1 aliphatic heterocycles. The zero-order valence-corrected chi connectivity index (χ0v) is 9.82. The molecule has 0 saturated carbocycles. The first-order chi connectivity index (χ1) is 7.78. The van der Waals surface area contributed by atoms with Gasteiger partial charge < -0.3 is 16.0 Å². The van der Waals surface area contributed by atoms with Crippen LogP contribution in [0.15, 0.2) is 18.2 Å². The van der Waals surface area contributed by atoms with Gasteiger partial charge >= 0.3 is 0 Å². The Bertz CT molecular complexity index is 340. The normalized spacial score (nSPS) is 21.9. The van der Waals surface area contributed by atoms with Crippen LogP contribution in [0, 0.1) is 0 Å². The maximum absolute atomic E-state index is 5.66. The van der Waals surface area contributed by atoms with E-state index in [0.717, 1.165) is 18.9 Å². The highest BCUT2D eigenvalue weighted by atomic mass is 15.2. The molecule has 1 aromatic rings. The zero-order chi connectivity index (χ0) is 11.4. The molecule has 16 heavy (non-hydrogen) atoms. The van der Waals surface area contributed by atoms with Crippen LogP contribution < -0.4 is 11.1 Å². The summed E-state index contributed by atoms with van der Waals surface area (Å²) in [7, 11) is 0. The van der Waals surface area contributed by atoms with Crippen molar-refractivity contribution in [2.75, 3.05) is 30.7 Å². The Hall–Kier alpha value is -1.29. The first-order valence-corrected chi connectivity index (χ1v) is 5.99. The summed E-state index contributed by atoms with van der Waals surface area (Å²) in [6, 6.07) is 6.22. The predicted octanol–water partition coefficient (Wildman–Crippen LogP) is 1.56. The van der Waals surface area contributed by atoms with E-state index in [1.807, 2.05) is 18.2 Å². The fourth-order valence-electron chi connectivity index (χ4n) is 2.20. The van der Waals surface area contributed by atoms with E-state index in [1.165, 1.54) is 19.4 Å². The number of piperidine rings is 1. The molecule has 0 amide bonds. The number of nitrogens with zero attached hydrogens (tertiary/aromatic N) is 2. The summed E-state index contributed by atoms with van der Waals surface area (Å²) < 4.78 is 0. The highest BCUT2D eigenvalue weighted by Crippen LogP contribution is 2.15. The molecular formula is C12H20N4. The van der Waals surface area contributed by atoms with E-state index < -0.39 is 0 Å². The minimum Gasteiger partial charge on any atom is -0.384 e. The molecule has 0 aliphatic carbocycles. The Morgan fingerprint density at radius 1 is 1.56 bits per heavy atom. The molecule has 1 aromatic heterocycles. The van der Waals surface area contributed by atoms with Crippen LogP contribution in [0.5, 0.6) is 0 Å². The second-order valence-corrected chi connectivity index (χ2v) is 4.32. The van der Waals surface area contributed by atoms with Gasteiger partial charge in [-0.1, -0.05) is 13.0 Å². The van der Waals surface area contributed by atoms with Crippen LogP contribution in [-0.4, -0.2) is 35.6 Å². The molecule has 3 N–H and O–H groups in total. The van der Waals surface area contributed by atoms with Gasteiger partial charge in [0.1, 0.15) is 11.6 Å². The van der Waals surface area contributed by atoms with E-state index in [2.05, 4.69) is 22.1 Å². The number of nitrogens with two attached hydrogens (primary N) is 1. The van der Waals surface area contributed by atoms with Gasteiger partial charge in [-0.05, 0) is 38.1 Å². The molecule has 1 unspecified atom stereocenters. The van der Waals surface area contributed by atoms with Gasteiger partial charge in [0.15, 0.2) is 0 Å². The van der Waals surface area contributed by atoms with E-state index in [4.69, 9.17) is 5.73 Å². The van der Waals surface area contributed by atoms with Crippen LogP contribution in [0.3, 0.4) is 0 Å². The topological polar surface area (TPSA) is 54.2 Å². The monoisotopic (exact) mass is 220 g/mol. The summed E-state index contributed by atoms with van der Waals surface area (Å²) in [5.74, 6) is 1.47. The van der Waals surface area contributed by atoms with Crippen LogP contribution in [0.25, 0.3) is 0 Å². The molecule has 1 aliphatic rings. The predicted molar refractivity (Wildman–Crippen MR) is 67.4 cm³/mol. The maximum Gasteiger partial charge on any atom is 0.128 e. The number of likely N-dealkylation sites (tertiary alicyclic amines) is 1. The van der Waals surface area contributed by atoms with Crippen molar-refractivity contribution < 1.29 is 0 Å². The van der Waals surface area contributed by atoms with Crippen LogP contribution in [0.1, 0.15) is 19.8 Å². The second-order valence-electron chi connectivity index (χ2n) is 4.32. The lowest BCUT2D eigenvalue weighted by Crippen LogP contribution is -2.41. The fraction of sp³-hybridized carbons (Fsp3) is 0.583. The Morgan fingerprint density at radius 3 is 3.19 bits per heavy atom. The van der Waals surface area contributed by atoms with Crippen molar-refractivity contribution in [2.24, 2.45) is 0 Å². The summed E-state index contributed by atoms with van der Waals surface area (Å²) in [5, 5.41) is 3.45. The van der Waals surface area contributed by atoms with Crippen molar-refractivity contribution in [1.29, 1.82) is 0 Å². The van der Waals surface area contributed by atoms with E-state index in [9.17, 15) is 0 Å². The van der Waals surface area contributed by atoms with Crippen LogP contribution in [-0.2, 0) is 0 Å². The molecule has 0 spiro atoms. The average molecular weight is 220 g/mol.